The molecule has 3 aromatic rings. The third kappa shape index (κ3) is 3.33. The Morgan fingerprint density at radius 1 is 0.885 bits per heavy atom. The molecule has 3 heteroatoms. The van der Waals surface area contributed by atoms with Gasteiger partial charge in [-0.3, -0.25) is 4.79 Å². The van der Waals surface area contributed by atoms with Crippen molar-refractivity contribution in [1.82, 2.24) is 5.32 Å². The molecular formula is C23H22N2O. The molecule has 0 saturated heterocycles. The van der Waals surface area contributed by atoms with Gasteiger partial charge in [0.25, 0.3) is 0 Å². The van der Waals surface area contributed by atoms with Crippen LogP contribution in [0.1, 0.15) is 22.7 Å². The summed E-state index contributed by atoms with van der Waals surface area (Å²) in [6.07, 6.45) is 0.978. The minimum atomic E-state index is -0.316. The van der Waals surface area contributed by atoms with Crippen LogP contribution in [0.25, 0.3) is 0 Å². The van der Waals surface area contributed by atoms with E-state index in [0.717, 1.165) is 29.8 Å². The first-order valence-corrected chi connectivity index (χ1v) is 9.04. The van der Waals surface area contributed by atoms with Gasteiger partial charge in [-0.15, -0.1) is 0 Å². The van der Waals surface area contributed by atoms with E-state index < -0.39 is 0 Å². The van der Waals surface area contributed by atoms with Crippen LogP contribution in [0.3, 0.4) is 0 Å². The molecule has 3 aromatic carbocycles. The Bertz CT molecular complexity index is 877. The van der Waals surface area contributed by atoms with Crippen molar-refractivity contribution in [1.29, 1.82) is 0 Å². The normalized spacial score (nSPS) is 13.9. The van der Waals surface area contributed by atoms with Crippen molar-refractivity contribution in [2.75, 3.05) is 11.4 Å². The quantitative estimate of drug-likeness (QED) is 0.757. The van der Waals surface area contributed by atoms with Crippen LogP contribution in [0.4, 0.5) is 5.69 Å². The Labute approximate surface area is 154 Å². The lowest BCUT2D eigenvalue weighted by molar-refractivity contribution is -0.122. The molecule has 0 fully saturated rings. The molecule has 0 saturated carbocycles. The molecule has 1 N–H and O–H groups in total. The summed E-state index contributed by atoms with van der Waals surface area (Å²) in [5.74, 6) is 0.0387. The minimum absolute atomic E-state index is 0.0387. The number of para-hydroxylation sites is 1. The van der Waals surface area contributed by atoms with Crippen LogP contribution < -0.4 is 10.2 Å². The number of rotatable bonds is 5. The maximum atomic E-state index is 13.2. The molecule has 1 aliphatic rings. The maximum Gasteiger partial charge on any atom is 0.247 e. The average molecular weight is 342 g/mol. The largest absolute Gasteiger partial charge is 0.355 e. The van der Waals surface area contributed by atoms with Gasteiger partial charge in [-0.05, 0) is 29.2 Å². The van der Waals surface area contributed by atoms with E-state index in [1.165, 1.54) is 5.56 Å². The molecule has 1 aliphatic heterocycles. The lowest BCUT2D eigenvalue weighted by Gasteiger charge is -2.30. The van der Waals surface area contributed by atoms with Gasteiger partial charge in [0.1, 0.15) is 6.04 Å². The fraction of sp³-hybridized carbons (Fsp3) is 0.174. The van der Waals surface area contributed by atoms with Gasteiger partial charge in [0, 0.05) is 18.8 Å². The van der Waals surface area contributed by atoms with Crippen molar-refractivity contribution in [2.45, 2.75) is 19.0 Å². The minimum Gasteiger partial charge on any atom is -0.355 e. The lowest BCUT2D eigenvalue weighted by Crippen LogP contribution is -2.39. The molecule has 1 amide bonds. The molecule has 4 rings (SSSR count). The first-order valence-electron chi connectivity index (χ1n) is 9.04. The Hall–Kier alpha value is -3.07. The van der Waals surface area contributed by atoms with E-state index in [9.17, 15) is 4.79 Å². The molecule has 3 nitrogen and oxygen atoms in total. The Balaban J connectivity index is 1.61. The van der Waals surface area contributed by atoms with Crippen LogP contribution in [-0.4, -0.2) is 12.5 Å². The van der Waals surface area contributed by atoms with Crippen LogP contribution in [0, 0.1) is 0 Å². The third-order valence-corrected chi connectivity index (χ3v) is 4.91. The van der Waals surface area contributed by atoms with Gasteiger partial charge in [0.2, 0.25) is 5.91 Å². The van der Waals surface area contributed by atoms with Crippen LogP contribution >= 0.6 is 0 Å². The molecule has 26 heavy (non-hydrogen) atoms. The van der Waals surface area contributed by atoms with Gasteiger partial charge in [0.15, 0.2) is 0 Å². The number of carbonyl (C=O) groups is 1. The number of nitrogens with one attached hydrogen (secondary N) is 1. The number of hydrogen-bond donors (Lipinski definition) is 1. The van der Waals surface area contributed by atoms with E-state index in [2.05, 4.69) is 28.4 Å². The van der Waals surface area contributed by atoms with Crippen molar-refractivity contribution >= 4 is 11.6 Å². The molecule has 1 atom stereocenters. The number of nitrogens with zero attached hydrogens (tertiary/aromatic N) is 1. The molecule has 0 aromatic heterocycles. The van der Waals surface area contributed by atoms with Gasteiger partial charge in [-0.25, -0.2) is 0 Å². The number of hydrogen-bond acceptors (Lipinski definition) is 2. The molecule has 0 spiro atoms. The standard InChI is InChI=1S/C23H22N2O/c26-23(24-17-18-9-3-1-4-10-18)22(20-12-5-2-6-13-20)25-16-15-19-11-7-8-14-21(19)25/h1-14,22H,15-17H2,(H,24,26)/t22-/m0/s1. The summed E-state index contributed by atoms with van der Waals surface area (Å²) in [6.45, 7) is 1.40. The number of amides is 1. The van der Waals surface area contributed by atoms with Gasteiger partial charge >= 0.3 is 0 Å². The molecule has 0 unspecified atom stereocenters. The topological polar surface area (TPSA) is 32.3 Å². The van der Waals surface area contributed by atoms with E-state index in [0.29, 0.717) is 6.54 Å². The predicted molar refractivity (Wildman–Crippen MR) is 105 cm³/mol. The highest BCUT2D eigenvalue weighted by Crippen LogP contribution is 2.35. The van der Waals surface area contributed by atoms with Crippen LogP contribution in [0.15, 0.2) is 84.9 Å². The third-order valence-electron chi connectivity index (χ3n) is 4.91. The van der Waals surface area contributed by atoms with Gasteiger partial charge in [0.05, 0.1) is 0 Å². The van der Waals surface area contributed by atoms with Crippen molar-refractivity contribution < 1.29 is 4.79 Å². The number of fused-ring (bicyclic) bond motifs is 1. The lowest BCUT2D eigenvalue weighted by atomic mass is 10.0. The fourth-order valence-electron chi connectivity index (χ4n) is 3.62. The van der Waals surface area contributed by atoms with E-state index in [1.54, 1.807) is 0 Å². The summed E-state index contributed by atoms with van der Waals surface area (Å²) in [5.41, 5.74) is 4.60. The summed E-state index contributed by atoms with van der Waals surface area (Å²) in [7, 11) is 0. The molecule has 0 bridgehead atoms. The van der Waals surface area contributed by atoms with Crippen molar-refractivity contribution in [2.24, 2.45) is 0 Å². The Morgan fingerprint density at radius 3 is 2.31 bits per heavy atom. The smallest absolute Gasteiger partial charge is 0.247 e. The molecule has 130 valence electrons. The zero-order valence-corrected chi connectivity index (χ0v) is 14.6. The second kappa shape index (κ2) is 7.44. The maximum absolute atomic E-state index is 13.2. The average Bonchev–Trinajstić information content (AvgIpc) is 3.12. The van der Waals surface area contributed by atoms with E-state index >= 15 is 0 Å². The molecular weight excluding hydrogens is 320 g/mol. The molecule has 0 aliphatic carbocycles. The fourth-order valence-corrected chi connectivity index (χ4v) is 3.62. The van der Waals surface area contributed by atoms with E-state index in [1.807, 2.05) is 66.7 Å². The zero-order chi connectivity index (χ0) is 17.8. The van der Waals surface area contributed by atoms with Crippen LogP contribution in [0.5, 0.6) is 0 Å². The predicted octanol–water partition coefficient (Wildman–Crippen LogP) is 4.11. The highest BCUT2D eigenvalue weighted by molar-refractivity contribution is 5.87. The summed E-state index contributed by atoms with van der Waals surface area (Å²) in [4.78, 5) is 15.4. The summed E-state index contributed by atoms with van der Waals surface area (Å²) in [6, 6.07) is 28.1. The van der Waals surface area contributed by atoms with E-state index in [4.69, 9.17) is 0 Å². The molecule has 0 radical (unpaired) electrons. The van der Waals surface area contributed by atoms with Crippen molar-refractivity contribution in [3.63, 3.8) is 0 Å². The first kappa shape index (κ1) is 16.4. The second-order valence-electron chi connectivity index (χ2n) is 6.59. The Morgan fingerprint density at radius 2 is 1.54 bits per heavy atom. The summed E-state index contributed by atoms with van der Waals surface area (Å²) >= 11 is 0. The van der Waals surface area contributed by atoms with Crippen LogP contribution in [0.2, 0.25) is 0 Å². The summed E-state index contributed by atoms with van der Waals surface area (Å²) < 4.78 is 0. The first-order chi connectivity index (χ1) is 12.8. The Kier molecular flexibility index (Phi) is 4.69. The number of carbonyl (C=O) groups excluding carboxylic acids is 1. The van der Waals surface area contributed by atoms with E-state index in [-0.39, 0.29) is 11.9 Å². The SMILES string of the molecule is O=C(NCc1ccccc1)[C@H](c1ccccc1)N1CCc2ccccc21. The molecule has 1 heterocycles. The highest BCUT2D eigenvalue weighted by Gasteiger charge is 2.31. The van der Waals surface area contributed by atoms with Crippen LogP contribution in [-0.2, 0) is 17.8 Å². The van der Waals surface area contributed by atoms with Gasteiger partial charge < -0.3 is 10.2 Å². The monoisotopic (exact) mass is 342 g/mol. The zero-order valence-electron chi connectivity index (χ0n) is 14.6. The van der Waals surface area contributed by atoms with Gasteiger partial charge in [-0.1, -0.05) is 78.9 Å². The van der Waals surface area contributed by atoms with Crippen molar-refractivity contribution in [3.8, 4) is 0 Å². The number of anilines is 1. The van der Waals surface area contributed by atoms with Crippen molar-refractivity contribution in [3.05, 3.63) is 102 Å². The van der Waals surface area contributed by atoms with Gasteiger partial charge in [-0.2, -0.15) is 0 Å². The summed E-state index contributed by atoms with van der Waals surface area (Å²) in [5, 5.41) is 3.12. The number of benzene rings is 3. The highest BCUT2D eigenvalue weighted by atomic mass is 16.2. The second-order valence-corrected chi connectivity index (χ2v) is 6.59.